The molecule has 0 amide bonds. The summed E-state index contributed by atoms with van der Waals surface area (Å²) in [5, 5.41) is 16.9. The van der Waals surface area contributed by atoms with Crippen LogP contribution < -0.4 is 0 Å². The molecule has 16 heteroatoms. The molecule has 0 saturated carbocycles. The van der Waals surface area contributed by atoms with Gasteiger partial charge in [0.2, 0.25) is 0 Å². The monoisotopic (exact) mass is 518 g/mol. The third kappa shape index (κ3) is 23.3. The third-order valence-corrected chi connectivity index (χ3v) is 2.34. The molecule has 32 heavy (non-hydrogen) atoms. The van der Waals surface area contributed by atoms with Crippen LogP contribution in [0.2, 0.25) is 0 Å². The van der Waals surface area contributed by atoms with Crippen LogP contribution in [0.1, 0.15) is 13.8 Å². The standard InChI is InChI=1S/C12H8N2.2C2H3N.2BF4.Cu.H2O/c1-3-9-5-6-10-4-2-8-14-12(10)11(9)13-7-1;2*1-2-3;2*2-1(3,4)5;;/h1-8H;2*1H3;;;;1H2/q;;;2*-1;+2;/p+1. The molecular weight excluding hydrogens is 501 g/mol. The molecule has 5 nitrogen and oxygen atoms in total. The summed E-state index contributed by atoms with van der Waals surface area (Å²) in [6.45, 7) is 2.86. The summed E-state index contributed by atoms with van der Waals surface area (Å²) in [5.74, 6) is 0. The number of benzene rings is 1. The zero-order chi connectivity index (χ0) is 23.8. The van der Waals surface area contributed by atoms with Gasteiger partial charge in [0.25, 0.3) is 0 Å². The molecule has 0 bridgehead atoms. The Labute approximate surface area is 189 Å². The van der Waals surface area contributed by atoms with Gasteiger partial charge in [-0.3, -0.25) is 9.97 Å². The van der Waals surface area contributed by atoms with E-state index in [2.05, 4.69) is 34.2 Å². The van der Waals surface area contributed by atoms with Crippen LogP contribution in [0.3, 0.4) is 0 Å². The summed E-state index contributed by atoms with van der Waals surface area (Å²) in [5.41, 5.74) is 1.95. The van der Waals surface area contributed by atoms with Crippen LogP contribution >= 0.6 is 0 Å². The van der Waals surface area contributed by atoms with E-state index >= 15 is 0 Å². The Morgan fingerprint density at radius 3 is 1.09 bits per heavy atom. The molecule has 3 N–H and O–H groups in total. The number of nitriles is 2. The third-order valence-electron chi connectivity index (χ3n) is 2.34. The molecule has 1 radical (unpaired) electrons. The summed E-state index contributed by atoms with van der Waals surface area (Å²) in [4.78, 5) is 8.69. The average molecular weight is 518 g/mol. The van der Waals surface area contributed by atoms with Crippen molar-refractivity contribution in [2.75, 3.05) is 0 Å². The second-order valence-corrected chi connectivity index (χ2v) is 4.65. The molecule has 3 rings (SSSR count). The molecule has 2 heterocycles. The Bertz CT molecular complexity index is 888. The Balaban J connectivity index is -0.000000185. The molecule has 0 aliphatic heterocycles. The summed E-state index contributed by atoms with van der Waals surface area (Å²) in [6.07, 6.45) is 3.60. The van der Waals surface area contributed by atoms with Gasteiger partial charge in [-0.25, -0.2) is 0 Å². The van der Waals surface area contributed by atoms with Crippen molar-refractivity contribution in [1.82, 2.24) is 9.97 Å². The minimum atomic E-state index is -6.00. The van der Waals surface area contributed by atoms with E-state index in [9.17, 15) is 34.5 Å². The number of pyridine rings is 2. The van der Waals surface area contributed by atoms with Crippen molar-refractivity contribution >= 4 is 36.3 Å². The van der Waals surface area contributed by atoms with Crippen LogP contribution in [-0.4, -0.2) is 24.5 Å². The Morgan fingerprint density at radius 2 is 0.875 bits per heavy atom. The van der Waals surface area contributed by atoms with Gasteiger partial charge in [-0.15, -0.1) is 0 Å². The van der Waals surface area contributed by atoms with Gasteiger partial charge in [0.1, 0.15) is 0 Å². The Kier molecular flexibility index (Phi) is 21.4. The van der Waals surface area contributed by atoms with E-state index < -0.39 is 14.5 Å². The van der Waals surface area contributed by atoms with E-state index in [-0.39, 0.29) is 22.5 Å². The molecule has 0 aliphatic rings. The first-order valence-corrected chi connectivity index (χ1v) is 7.73. The zero-order valence-electron chi connectivity index (χ0n) is 16.5. The molecule has 2 aromatic heterocycles. The fourth-order valence-corrected chi connectivity index (χ4v) is 1.68. The van der Waals surface area contributed by atoms with Crippen LogP contribution in [0, 0.1) is 22.7 Å². The van der Waals surface area contributed by atoms with Gasteiger partial charge in [0.15, 0.2) is 0 Å². The predicted octanol–water partition coefficient (Wildman–Crippen LogP) is 5.52. The van der Waals surface area contributed by atoms with Crippen molar-refractivity contribution in [3.63, 3.8) is 0 Å². The molecule has 0 unspecified atom stereocenters. The number of hydrogen-bond donors (Lipinski definition) is 0. The van der Waals surface area contributed by atoms with E-state index in [0.717, 1.165) is 21.8 Å². The molecule has 179 valence electrons. The van der Waals surface area contributed by atoms with Crippen molar-refractivity contribution in [3.8, 4) is 12.1 Å². The topological polar surface area (TPSA) is 106 Å². The largest absolute Gasteiger partial charge is 2.00 e. The van der Waals surface area contributed by atoms with Crippen LogP contribution in [0.25, 0.3) is 21.8 Å². The van der Waals surface area contributed by atoms with Gasteiger partial charge >= 0.3 is 31.6 Å². The first kappa shape index (κ1) is 36.4. The van der Waals surface area contributed by atoms with Gasteiger partial charge in [0, 0.05) is 37.0 Å². The maximum Gasteiger partial charge on any atom is 2.00 e. The minimum Gasteiger partial charge on any atom is -0.457 e. The van der Waals surface area contributed by atoms with E-state index in [1.54, 1.807) is 24.5 Å². The predicted molar refractivity (Wildman–Crippen MR) is 105 cm³/mol. The molecule has 0 fully saturated rings. The summed E-state index contributed by atoms with van der Waals surface area (Å²) >= 11 is 0. The van der Waals surface area contributed by atoms with Crippen LogP contribution in [0.5, 0.6) is 0 Å². The maximum atomic E-state index is 9.75. The average Bonchev–Trinajstić information content (AvgIpc) is 2.60. The SMILES string of the molecule is CC#N.CC#N.F[B-](F)(F)F.F[B-](F)(F)F.[Cu+2].[OH3+].c1cnc2c(c1)ccc1cccnc12. The number of fused-ring (bicyclic) bond motifs is 3. The second-order valence-electron chi connectivity index (χ2n) is 4.65. The van der Waals surface area contributed by atoms with Crippen LogP contribution in [-0.2, 0) is 22.5 Å². The summed E-state index contributed by atoms with van der Waals surface area (Å²) in [7, 11) is -12.0. The second kappa shape index (κ2) is 18.8. The fourth-order valence-electron chi connectivity index (χ4n) is 1.68. The van der Waals surface area contributed by atoms with Gasteiger partial charge in [0.05, 0.1) is 23.2 Å². The van der Waals surface area contributed by atoms with E-state index in [4.69, 9.17) is 10.5 Å². The van der Waals surface area contributed by atoms with Gasteiger partial charge in [-0.2, -0.15) is 10.5 Å². The van der Waals surface area contributed by atoms with Crippen molar-refractivity contribution in [1.29, 1.82) is 10.5 Å². The van der Waals surface area contributed by atoms with E-state index in [0.29, 0.717) is 0 Å². The molecule has 0 saturated heterocycles. The Morgan fingerprint density at radius 1 is 0.656 bits per heavy atom. The van der Waals surface area contributed by atoms with Crippen molar-refractivity contribution < 1.29 is 57.1 Å². The van der Waals surface area contributed by atoms with Gasteiger partial charge < -0.3 is 40.0 Å². The van der Waals surface area contributed by atoms with Crippen molar-refractivity contribution in [2.24, 2.45) is 0 Å². The number of rotatable bonds is 0. The molecule has 3 aromatic rings. The quantitative estimate of drug-likeness (QED) is 0.169. The fraction of sp³-hybridized carbons (Fsp3) is 0.125. The first-order chi connectivity index (χ1) is 13.8. The molecule has 1 aromatic carbocycles. The van der Waals surface area contributed by atoms with Crippen molar-refractivity contribution in [3.05, 3.63) is 48.8 Å². The van der Waals surface area contributed by atoms with Crippen molar-refractivity contribution in [2.45, 2.75) is 13.8 Å². The van der Waals surface area contributed by atoms with Gasteiger partial charge in [-0.1, -0.05) is 24.3 Å². The number of nitrogens with zero attached hydrogens (tertiary/aromatic N) is 4. The van der Waals surface area contributed by atoms with E-state index in [1.165, 1.54) is 13.8 Å². The number of aromatic nitrogens is 2. The van der Waals surface area contributed by atoms with Gasteiger partial charge in [-0.05, 0) is 12.1 Å². The Hall–Kier alpha value is -2.93. The molecular formula is C16H17B2CuF8N4O+. The smallest absolute Gasteiger partial charge is 0.457 e. The molecule has 0 spiro atoms. The number of halogens is 8. The minimum absolute atomic E-state index is 0. The zero-order valence-corrected chi connectivity index (χ0v) is 17.4. The van der Waals surface area contributed by atoms with Crippen LogP contribution in [0.4, 0.5) is 34.5 Å². The van der Waals surface area contributed by atoms with Crippen LogP contribution in [0.15, 0.2) is 48.8 Å². The summed E-state index contributed by atoms with van der Waals surface area (Å²) in [6, 6.07) is 15.6. The summed E-state index contributed by atoms with van der Waals surface area (Å²) < 4.78 is 78.0. The maximum absolute atomic E-state index is 9.75. The molecule has 0 aliphatic carbocycles. The number of hydrogen-bond acceptors (Lipinski definition) is 4. The van der Waals surface area contributed by atoms with E-state index in [1.807, 2.05) is 12.1 Å². The first-order valence-electron chi connectivity index (χ1n) is 7.73. The normalized spacial score (nSPS) is 9.00. The molecule has 0 atom stereocenters.